The van der Waals surface area contributed by atoms with Crippen LogP contribution in [0.5, 0.6) is 0 Å². The molecule has 1 aromatic carbocycles. The second-order valence-corrected chi connectivity index (χ2v) is 3.51. The summed E-state index contributed by atoms with van der Waals surface area (Å²) in [7, 11) is 0. The Morgan fingerprint density at radius 3 is 2.50 bits per heavy atom. The number of nitrogens with two attached hydrogens (primary N) is 1. The molecule has 0 spiro atoms. The summed E-state index contributed by atoms with van der Waals surface area (Å²) >= 11 is 0. The molecule has 92 valence electrons. The average molecular weight is 249 g/mol. The number of benzene rings is 1. The fourth-order valence-corrected chi connectivity index (χ4v) is 1.37. The third kappa shape index (κ3) is 2.27. The van der Waals surface area contributed by atoms with E-state index in [0.717, 1.165) is 6.07 Å². The second kappa shape index (κ2) is 4.79. The molecular weight excluding hydrogens is 240 g/mol. The van der Waals surface area contributed by atoms with E-state index in [-0.39, 0.29) is 5.69 Å². The quantitative estimate of drug-likeness (QED) is 0.801. The van der Waals surface area contributed by atoms with Crippen LogP contribution in [0.3, 0.4) is 0 Å². The van der Waals surface area contributed by atoms with Gasteiger partial charge in [0, 0.05) is 18.0 Å². The first-order valence-electron chi connectivity index (χ1n) is 5.04. The molecule has 1 aromatic heterocycles. The van der Waals surface area contributed by atoms with Crippen molar-refractivity contribution in [3.05, 3.63) is 53.9 Å². The summed E-state index contributed by atoms with van der Waals surface area (Å²) in [5, 5.41) is 2.40. The van der Waals surface area contributed by atoms with E-state index in [9.17, 15) is 13.6 Å². The van der Waals surface area contributed by atoms with E-state index in [4.69, 9.17) is 5.73 Å². The molecule has 0 aliphatic rings. The molecule has 1 heterocycles. The summed E-state index contributed by atoms with van der Waals surface area (Å²) in [6.07, 6.45) is 2.90. The number of hydrogen-bond donors (Lipinski definition) is 2. The van der Waals surface area contributed by atoms with Crippen LogP contribution in [0, 0.1) is 11.6 Å². The van der Waals surface area contributed by atoms with E-state index in [0.29, 0.717) is 5.56 Å². The van der Waals surface area contributed by atoms with Crippen LogP contribution in [0.4, 0.5) is 20.2 Å². The average Bonchev–Trinajstić information content (AvgIpc) is 2.40. The van der Waals surface area contributed by atoms with Crippen LogP contribution in [0.2, 0.25) is 0 Å². The molecule has 2 aromatic rings. The maximum Gasteiger partial charge on any atom is 0.255 e. The predicted octanol–water partition coefficient (Wildman–Crippen LogP) is 2.19. The summed E-state index contributed by atoms with van der Waals surface area (Å²) in [6, 6.07) is 5.08. The molecule has 3 N–H and O–H groups in total. The van der Waals surface area contributed by atoms with Gasteiger partial charge in [-0.05, 0) is 24.3 Å². The minimum absolute atomic E-state index is 0.0238. The lowest BCUT2D eigenvalue weighted by molar-refractivity contribution is 0.102. The number of carbonyl (C=O) groups excluding carboxylic acids is 1. The molecule has 0 aliphatic heterocycles. The fourth-order valence-electron chi connectivity index (χ4n) is 1.37. The molecule has 0 radical (unpaired) electrons. The van der Waals surface area contributed by atoms with Gasteiger partial charge >= 0.3 is 0 Å². The number of anilines is 2. The van der Waals surface area contributed by atoms with Crippen LogP contribution in [-0.2, 0) is 0 Å². The van der Waals surface area contributed by atoms with Crippen LogP contribution in [0.1, 0.15) is 10.4 Å². The first-order valence-corrected chi connectivity index (χ1v) is 5.04. The molecule has 6 heteroatoms. The molecule has 1 amide bonds. The lowest BCUT2D eigenvalue weighted by Gasteiger charge is -2.09. The van der Waals surface area contributed by atoms with E-state index < -0.39 is 23.2 Å². The normalized spacial score (nSPS) is 10.1. The van der Waals surface area contributed by atoms with Gasteiger partial charge in [-0.3, -0.25) is 9.78 Å². The molecule has 0 atom stereocenters. The largest absolute Gasteiger partial charge is 0.395 e. The smallest absolute Gasteiger partial charge is 0.255 e. The highest BCUT2D eigenvalue weighted by atomic mass is 19.2. The highest BCUT2D eigenvalue weighted by Crippen LogP contribution is 2.24. The van der Waals surface area contributed by atoms with Crippen molar-refractivity contribution < 1.29 is 13.6 Å². The minimum Gasteiger partial charge on any atom is -0.395 e. The summed E-state index contributed by atoms with van der Waals surface area (Å²) in [6.45, 7) is 0. The van der Waals surface area contributed by atoms with Crippen LogP contribution in [0.25, 0.3) is 0 Å². The first-order chi connectivity index (χ1) is 8.59. The summed E-state index contributed by atoms with van der Waals surface area (Å²) in [4.78, 5) is 15.5. The molecule has 0 unspecified atom stereocenters. The van der Waals surface area contributed by atoms with E-state index >= 15 is 0 Å². The zero-order chi connectivity index (χ0) is 13.1. The molecule has 4 nitrogen and oxygen atoms in total. The van der Waals surface area contributed by atoms with Gasteiger partial charge in [0.05, 0.1) is 11.4 Å². The fraction of sp³-hybridized carbons (Fsp3) is 0. The number of amides is 1. The monoisotopic (exact) mass is 249 g/mol. The summed E-state index contributed by atoms with van der Waals surface area (Å²) in [5.74, 6) is -2.72. The molecule has 0 aliphatic carbocycles. The Balaban J connectivity index is 2.26. The Morgan fingerprint density at radius 2 is 1.83 bits per heavy atom. The zero-order valence-corrected chi connectivity index (χ0v) is 9.15. The van der Waals surface area contributed by atoms with Crippen molar-refractivity contribution in [2.75, 3.05) is 11.1 Å². The van der Waals surface area contributed by atoms with Gasteiger partial charge in [-0.2, -0.15) is 0 Å². The van der Waals surface area contributed by atoms with E-state index in [2.05, 4.69) is 10.3 Å². The molecule has 0 saturated heterocycles. The van der Waals surface area contributed by atoms with Crippen LogP contribution >= 0.6 is 0 Å². The van der Waals surface area contributed by atoms with Gasteiger partial charge in [-0.15, -0.1) is 0 Å². The van der Waals surface area contributed by atoms with E-state index in [1.807, 2.05) is 0 Å². The number of halogens is 2. The van der Waals surface area contributed by atoms with E-state index in [1.165, 1.54) is 30.6 Å². The number of pyridine rings is 1. The molecule has 18 heavy (non-hydrogen) atoms. The number of nitrogen functional groups attached to an aromatic ring is 1. The SMILES string of the molecule is Nc1c(NC(=O)c2ccncc2)ccc(F)c1F. The number of aromatic nitrogens is 1. The van der Waals surface area contributed by atoms with Crippen molar-refractivity contribution in [2.45, 2.75) is 0 Å². The van der Waals surface area contributed by atoms with Crippen molar-refractivity contribution in [1.82, 2.24) is 4.98 Å². The van der Waals surface area contributed by atoms with Crippen LogP contribution < -0.4 is 11.1 Å². The highest BCUT2D eigenvalue weighted by molar-refractivity contribution is 6.05. The zero-order valence-electron chi connectivity index (χ0n) is 9.15. The third-order valence-electron chi connectivity index (χ3n) is 2.32. The van der Waals surface area contributed by atoms with Crippen molar-refractivity contribution in [2.24, 2.45) is 0 Å². The van der Waals surface area contributed by atoms with E-state index in [1.54, 1.807) is 0 Å². The van der Waals surface area contributed by atoms with Crippen molar-refractivity contribution in [3.8, 4) is 0 Å². The highest BCUT2D eigenvalue weighted by Gasteiger charge is 2.13. The topological polar surface area (TPSA) is 68.0 Å². The molecule has 0 fully saturated rings. The van der Waals surface area contributed by atoms with Gasteiger partial charge < -0.3 is 11.1 Å². The van der Waals surface area contributed by atoms with Crippen molar-refractivity contribution in [3.63, 3.8) is 0 Å². The molecule has 0 saturated carbocycles. The Morgan fingerprint density at radius 1 is 1.17 bits per heavy atom. The number of carbonyl (C=O) groups is 1. The maximum atomic E-state index is 13.2. The van der Waals surface area contributed by atoms with Crippen molar-refractivity contribution in [1.29, 1.82) is 0 Å². The lowest BCUT2D eigenvalue weighted by atomic mass is 10.2. The number of rotatable bonds is 2. The molecule has 2 rings (SSSR count). The lowest BCUT2D eigenvalue weighted by Crippen LogP contribution is -2.14. The van der Waals surface area contributed by atoms with Gasteiger partial charge in [-0.25, -0.2) is 8.78 Å². The Hall–Kier alpha value is -2.50. The maximum absolute atomic E-state index is 13.2. The Labute approximate surface area is 101 Å². The number of hydrogen-bond acceptors (Lipinski definition) is 3. The van der Waals surface area contributed by atoms with Crippen LogP contribution in [-0.4, -0.2) is 10.9 Å². The van der Waals surface area contributed by atoms with Gasteiger partial charge in [0.25, 0.3) is 5.91 Å². The number of nitrogens with zero attached hydrogens (tertiary/aromatic N) is 1. The third-order valence-corrected chi connectivity index (χ3v) is 2.32. The van der Waals surface area contributed by atoms with Gasteiger partial charge in [-0.1, -0.05) is 0 Å². The second-order valence-electron chi connectivity index (χ2n) is 3.51. The summed E-state index contributed by atoms with van der Waals surface area (Å²) in [5.41, 5.74) is 5.30. The Bertz CT molecular complexity index is 587. The van der Waals surface area contributed by atoms with Crippen LogP contribution in [0.15, 0.2) is 36.7 Å². The molecular formula is C12H9F2N3O. The summed E-state index contributed by atoms with van der Waals surface area (Å²) < 4.78 is 26.0. The minimum atomic E-state index is -1.18. The predicted molar refractivity (Wildman–Crippen MR) is 63.0 cm³/mol. The van der Waals surface area contributed by atoms with Gasteiger partial charge in [0.1, 0.15) is 0 Å². The number of nitrogens with one attached hydrogen (secondary N) is 1. The standard InChI is InChI=1S/C12H9F2N3O/c13-8-1-2-9(11(15)10(8)14)17-12(18)7-3-5-16-6-4-7/h1-6H,15H2,(H,17,18). The molecule has 0 bridgehead atoms. The van der Waals surface area contributed by atoms with Gasteiger partial charge in [0.2, 0.25) is 0 Å². The van der Waals surface area contributed by atoms with Gasteiger partial charge in [0.15, 0.2) is 11.6 Å². The van der Waals surface area contributed by atoms with Crippen molar-refractivity contribution >= 4 is 17.3 Å². The first kappa shape index (κ1) is 12.0. The Kier molecular flexibility index (Phi) is 3.18.